The number of halogens is 2. The Bertz CT molecular complexity index is 660. The molecule has 2 aromatic rings. The molecule has 110 valence electrons. The van der Waals surface area contributed by atoms with Crippen LogP contribution in [-0.4, -0.2) is 5.97 Å². The largest absolute Gasteiger partial charge is 0.460 e. The van der Waals surface area contributed by atoms with Crippen LogP contribution in [0.15, 0.2) is 42.5 Å². The summed E-state index contributed by atoms with van der Waals surface area (Å²) in [6, 6.07) is 11.3. The smallest absolute Gasteiger partial charge is 0.313 e. The summed E-state index contributed by atoms with van der Waals surface area (Å²) >= 11 is 5.68. The Morgan fingerprint density at radius 3 is 2.76 bits per heavy atom. The van der Waals surface area contributed by atoms with Crippen molar-refractivity contribution in [1.82, 2.24) is 0 Å². The Morgan fingerprint density at radius 2 is 2.10 bits per heavy atom. The third kappa shape index (κ3) is 3.95. The summed E-state index contributed by atoms with van der Waals surface area (Å²) in [5.41, 5.74) is 7.71. The lowest BCUT2D eigenvalue weighted by molar-refractivity contribution is -0.146. The molecule has 0 saturated heterocycles. The summed E-state index contributed by atoms with van der Waals surface area (Å²) in [5.74, 6) is -1.30. The number of esters is 1. The Hall–Kier alpha value is -2.07. The second-order valence-electron chi connectivity index (χ2n) is 4.75. The van der Waals surface area contributed by atoms with Crippen molar-refractivity contribution in [3.05, 3.63) is 64.4 Å². The van der Waals surface area contributed by atoms with Crippen LogP contribution in [0.1, 0.15) is 24.0 Å². The van der Waals surface area contributed by atoms with Crippen LogP contribution in [0.2, 0.25) is 5.02 Å². The van der Waals surface area contributed by atoms with Crippen molar-refractivity contribution in [3.8, 4) is 0 Å². The number of carbonyl (C=O) groups excluding carboxylic acids is 1. The van der Waals surface area contributed by atoms with Crippen molar-refractivity contribution in [2.45, 2.75) is 19.4 Å². The molecule has 1 atom stereocenters. The van der Waals surface area contributed by atoms with Gasteiger partial charge in [-0.05, 0) is 42.3 Å². The molecule has 0 aliphatic carbocycles. The quantitative estimate of drug-likeness (QED) is 0.688. The fourth-order valence-electron chi connectivity index (χ4n) is 1.87. The van der Waals surface area contributed by atoms with Crippen molar-refractivity contribution in [2.24, 2.45) is 0 Å². The van der Waals surface area contributed by atoms with E-state index in [4.69, 9.17) is 22.1 Å². The van der Waals surface area contributed by atoms with Gasteiger partial charge in [0.05, 0.1) is 10.9 Å². The van der Waals surface area contributed by atoms with Gasteiger partial charge in [-0.2, -0.15) is 0 Å². The molecule has 1 unspecified atom stereocenters. The van der Waals surface area contributed by atoms with Crippen LogP contribution >= 0.6 is 11.6 Å². The summed E-state index contributed by atoms with van der Waals surface area (Å²) < 4.78 is 18.3. The summed E-state index contributed by atoms with van der Waals surface area (Å²) in [7, 11) is 0. The van der Waals surface area contributed by atoms with Gasteiger partial charge in [0.25, 0.3) is 0 Å². The van der Waals surface area contributed by atoms with E-state index in [0.29, 0.717) is 11.3 Å². The van der Waals surface area contributed by atoms with Crippen LogP contribution in [0.4, 0.5) is 10.1 Å². The predicted octanol–water partition coefficient (Wildman–Crippen LogP) is 3.91. The molecular formula is C16H15ClFNO2. The molecule has 0 radical (unpaired) electrons. The summed E-state index contributed by atoms with van der Waals surface area (Å²) in [5, 5.41) is 0.00688. The number of nitrogens with two attached hydrogens (primary N) is 1. The highest BCUT2D eigenvalue weighted by atomic mass is 35.5. The molecule has 0 heterocycles. The molecular weight excluding hydrogens is 293 g/mol. The first kappa shape index (κ1) is 15.3. The molecule has 0 spiro atoms. The second-order valence-corrected chi connectivity index (χ2v) is 5.16. The number of nitrogen functional groups attached to an aromatic ring is 1. The molecule has 0 aliphatic heterocycles. The molecule has 2 rings (SSSR count). The molecule has 5 heteroatoms. The zero-order chi connectivity index (χ0) is 15.4. The average Bonchev–Trinajstić information content (AvgIpc) is 2.47. The van der Waals surface area contributed by atoms with Crippen molar-refractivity contribution in [1.29, 1.82) is 0 Å². The van der Waals surface area contributed by atoms with Gasteiger partial charge in [0, 0.05) is 5.69 Å². The second kappa shape index (κ2) is 6.59. The molecule has 3 nitrogen and oxygen atoms in total. The zero-order valence-electron chi connectivity index (χ0n) is 11.5. The van der Waals surface area contributed by atoms with Gasteiger partial charge in [0.1, 0.15) is 12.4 Å². The zero-order valence-corrected chi connectivity index (χ0v) is 12.2. The minimum Gasteiger partial charge on any atom is -0.460 e. The lowest BCUT2D eigenvalue weighted by atomic mass is 10.0. The summed E-state index contributed by atoms with van der Waals surface area (Å²) in [6.07, 6.45) is 0. The lowest BCUT2D eigenvalue weighted by Gasteiger charge is -2.12. The number of anilines is 1. The van der Waals surface area contributed by atoms with Gasteiger partial charge >= 0.3 is 5.97 Å². The van der Waals surface area contributed by atoms with E-state index in [9.17, 15) is 9.18 Å². The first-order valence-corrected chi connectivity index (χ1v) is 6.81. The van der Waals surface area contributed by atoms with Gasteiger partial charge in [0.2, 0.25) is 0 Å². The standard InChI is InChI=1S/C16H15ClFNO2/c1-10(12-3-2-4-13(19)8-12)16(20)21-9-11-5-6-15(18)14(17)7-11/h2-8,10H,9,19H2,1H3. The van der Waals surface area contributed by atoms with E-state index in [1.807, 2.05) is 6.07 Å². The van der Waals surface area contributed by atoms with Crippen molar-refractivity contribution in [2.75, 3.05) is 5.73 Å². The van der Waals surface area contributed by atoms with Crippen LogP contribution < -0.4 is 5.73 Å². The van der Waals surface area contributed by atoms with Gasteiger partial charge < -0.3 is 10.5 Å². The van der Waals surface area contributed by atoms with Crippen molar-refractivity contribution in [3.63, 3.8) is 0 Å². The molecule has 2 aromatic carbocycles. The van der Waals surface area contributed by atoms with E-state index in [1.165, 1.54) is 18.2 Å². The Labute approximate surface area is 127 Å². The maximum Gasteiger partial charge on any atom is 0.313 e. The van der Waals surface area contributed by atoms with E-state index in [-0.39, 0.29) is 17.6 Å². The maximum absolute atomic E-state index is 13.0. The lowest BCUT2D eigenvalue weighted by Crippen LogP contribution is -2.13. The van der Waals surface area contributed by atoms with Gasteiger partial charge in [-0.15, -0.1) is 0 Å². The van der Waals surface area contributed by atoms with Crippen molar-refractivity contribution < 1.29 is 13.9 Å². The third-order valence-corrected chi connectivity index (χ3v) is 3.42. The van der Waals surface area contributed by atoms with E-state index in [0.717, 1.165) is 5.56 Å². The third-order valence-electron chi connectivity index (χ3n) is 3.13. The first-order chi connectivity index (χ1) is 9.97. The van der Waals surface area contributed by atoms with Crippen LogP contribution in [0.3, 0.4) is 0 Å². The topological polar surface area (TPSA) is 52.3 Å². The van der Waals surface area contributed by atoms with Gasteiger partial charge in [-0.3, -0.25) is 4.79 Å². The van der Waals surface area contributed by atoms with E-state index >= 15 is 0 Å². The number of hydrogen-bond donors (Lipinski definition) is 1. The first-order valence-electron chi connectivity index (χ1n) is 6.43. The molecule has 0 fully saturated rings. The Kier molecular flexibility index (Phi) is 4.81. The van der Waals surface area contributed by atoms with Gasteiger partial charge in [0.15, 0.2) is 0 Å². The highest BCUT2D eigenvalue weighted by molar-refractivity contribution is 6.30. The van der Waals surface area contributed by atoms with Crippen LogP contribution in [0, 0.1) is 5.82 Å². The molecule has 0 amide bonds. The number of benzene rings is 2. The normalized spacial score (nSPS) is 12.0. The molecule has 2 N–H and O–H groups in total. The maximum atomic E-state index is 13.0. The predicted molar refractivity (Wildman–Crippen MR) is 80.5 cm³/mol. The Balaban J connectivity index is 1.99. The SMILES string of the molecule is CC(C(=O)OCc1ccc(F)c(Cl)c1)c1cccc(N)c1. The monoisotopic (exact) mass is 307 g/mol. The van der Waals surface area contributed by atoms with E-state index < -0.39 is 11.7 Å². The minimum absolute atomic E-state index is 0.00688. The Morgan fingerprint density at radius 1 is 1.33 bits per heavy atom. The van der Waals surface area contributed by atoms with Crippen LogP contribution in [0.25, 0.3) is 0 Å². The fraction of sp³-hybridized carbons (Fsp3) is 0.188. The highest BCUT2D eigenvalue weighted by Gasteiger charge is 2.17. The molecule has 0 bridgehead atoms. The molecule has 0 aliphatic rings. The highest BCUT2D eigenvalue weighted by Crippen LogP contribution is 2.21. The van der Waals surface area contributed by atoms with E-state index in [1.54, 1.807) is 25.1 Å². The van der Waals surface area contributed by atoms with E-state index in [2.05, 4.69) is 0 Å². The van der Waals surface area contributed by atoms with Gasteiger partial charge in [-0.1, -0.05) is 29.8 Å². The molecule has 0 saturated carbocycles. The van der Waals surface area contributed by atoms with Crippen LogP contribution in [-0.2, 0) is 16.1 Å². The van der Waals surface area contributed by atoms with Gasteiger partial charge in [-0.25, -0.2) is 4.39 Å². The molecule has 21 heavy (non-hydrogen) atoms. The average molecular weight is 308 g/mol. The van der Waals surface area contributed by atoms with Crippen molar-refractivity contribution >= 4 is 23.3 Å². The summed E-state index contributed by atoms with van der Waals surface area (Å²) in [4.78, 5) is 12.0. The number of ether oxygens (including phenoxy) is 1. The molecule has 0 aromatic heterocycles. The minimum atomic E-state index is -0.500. The van der Waals surface area contributed by atoms with Crippen LogP contribution in [0.5, 0.6) is 0 Å². The fourth-order valence-corrected chi connectivity index (χ4v) is 2.08. The number of hydrogen-bond acceptors (Lipinski definition) is 3. The number of rotatable bonds is 4. The summed E-state index contributed by atoms with van der Waals surface area (Å²) in [6.45, 7) is 1.79. The number of carbonyl (C=O) groups is 1.